The van der Waals surface area contributed by atoms with E-state index in [4.69, 9.17) is 10.2 Å². The monoisotopic (exact) mass is 268 g/mol. The SMILES string of the molecule is O=C(O)Cc1ccc(SCCCCCCO)cc1. The molecule has 3 nitrogen and oxygen atoms in total. The molecule has 0 heterocycles. The van der Waals surface area contributed by atoms with Crippen molar-refractivity contribution in [3.05, 3.63) is 29.8 Å². The molecule has 0 fully saturated rings. The quantitative estimate of drug-likeness (QED) is 0.534. The van der Waals surface area contributed by atoms with Crippen molar-refractivity contribution in [2.45, 2.75) is 37.0 Å². The van der Waals surface area contributed by atoms with Gasteiger partial charge in [-0.2, -0.15) is 0 Å². The Labute approximate surface area is 112 Å². The van der Waals surface area contributed by atoms with Crippen molar-refractivity contribution in [1.29, 1.82) is 0 Å². The van der Waals surface area contributed by atoms with Gasteiger partial charge in [0, 0.05) is 11.5 Å². The van der Waals surface area contributed by atoms with Crippen molar-refractivity contribution >= 4 is 17.7 Å². The molecule has 0 radical (unpaired) electrons. The first-order valence-electron chi connectivity index (χ1n) is 6.27. The molecular formula is C14H20O3S. The Bertz CT molecular complexity index is 349. The molecule has 1 rings (SSSR count). The number of hydrogen-bond acceptors (Lipinski definition) is 3. The summed E-state index contributed by atoms with van der Waals surface area (Å²) < 4.78 is 0. The number of aliphatic hydroxyl groups excluding tert-OH is 1. The van der Waals surface area contributed by atoms with Crippen LogP contribution >= 0.6 is 11.8 Å². The first kappa shape index (κ1) is 15.1. The third kappa shape index (κ3) is 6.67. The highest BCUT2D eigenvalue weighted by atomic mass is 32.2. The van der Waals surface area contributed by atoms with Gasteiger partial charge >= 0.3 is 5.97 Å². The fourth-order valence-corrected chi connectivity index (χ4v) is 2.55. The molecule has 0 aliphatic heterocycles. The standard InChI is InChI=1S/C14H20O3S/c15-9-3-1-2-4-10-18-13-7-5-12(6-8-13)11-14(16)17/h5-8,15H,1-4,9-11H2,(H,16,17). The van der Waals surface area contributed by atoms with Gasteiger partial charge in [0.05, 0.1) is 6.42 Å². The van der Waals surface area contributed by atoms with E-state index in [-0.39, 0.29) is 13.0 Å². The fraction of sp³-hybridized carbons (Fsp3) is 0.500. The average molecular weight is 268 g/mol. The highest BCUT2D eigenvalue weighted by molar-refractivity contribution is 7.99. The van der Waals surface area contributed by atoms with Crippen molar-refractivity contribution in [3.63, 3.8) is 0 Å². The number of aliphatic carboxylic acids is 1. The second-order valence-corrected chi connectivity index (χ2v) is 5.37. The van der Waals surface area contributed by atoms with Crippen molar-refractivity contribution in [2.24, 2.45) is 0 Å². The summed E-state index contributed by atoms with van der Waals surface area (Å²) in [5.74, 6) is 0.281. The van der Waals surface area contributed by atoms with E-state index in [1.165, 1.54) is 4.90 Å². The molecule has 100 valence electrons. The first-order valence-corrected chi connectivity index (χ1v) is 7.25. The summed E-state index contributed by atoms with van der Waals surface area (Å²) in [5.41, 5.74) is 0.842. The van der Waals surface area contributed by atoms with E-state index >= 15 is 0 Å². The number of unbranched alkanes of at least 4 members (excludes halogenated alkanes) is 3. The van der Waals surface area contributed by atoms with E-state index < -0.39 is 5.97 Å². The molecule has 0 aliphatic carbocycles. The molecule has 2 N–H and O–H groups in total. The predicted molar refractivity (Wildman–Crippen MR) is 74.1 cm³/mol. The Balaban J connectivity index is 2.20. The maximum Gasteiger partial charge on any atom is 0.307 e. The van der Waals surface area contributed by atoms with Crippen LogP contribution in [0.5, 0.6) is 0 Å². The molecule has 0 saturated heterocycles. The molecular weight excluding hydrogens is 248 g/mol. The van der Waals surface area contributed by atoms with Crippen LogP contribution < -0.4 is 0 Å². The third-order valence-corrected chi connectivity index (χ3v) is 3.70. The van der Waals surface area contributed by atoms with Crippen LogP contribution in [0.15, 0.2) is 29.2 Å². The lowest BCUT2D eigenvalue weighted by Crippen LogP contribution is -1.99. The molecule has 18 heavy (non-hydrogen) atoms. The van der Waals surface area contributed by atoms with Crippen LogP contribution in [-0.4, -0.2) is 28.5 Å². The van der Waals surface area contributed by atoms with Gasteiger partial charge in [0.25, 0.3) is 0 Å². The zero-order valence-corrected chi connectivity index (χ0v) is 11.3. The van der Waals surface area contributed by atoms with Gasteiger partial charge in [0.2, 0.25) is 0 Å². The lowest BCUT2D eigenvalue weighted by molar-refractivity contribution is -0.136. The van der Waals surface area contributed by atoms with Crippen LogP contribution in [-0.2, 0) is 11.2 Å². The highest BCUT2D eigenvalue weighted by Gasteiger charge is 2.00. The summed E-state index contributed by atoms with van der Waals surface area (Å²) in [6, 6.07) is 7.72. The molecule has 4 heteroatoms. The van der Waals surface area contributed by atoms with Crippen molar-refractivity contribution < 1.29 is 15.0 Å². The molecule has 0 unspecified atom stereocenters. The Kier molecular flexibility index (Phi) is 7.53. The van der Waals surface area contributed by atoms with Crippen LogP contribution in [0.1, 0.15) is 31.2 Å². The van der Waals surface area contributed by atoms with Gasteiger partial charge in [0.1, 0.15) is 0 Å². The lowest BCUT2D eigenvalue weighted by atomic mass is 10.2. The third-order valence-electron chi connectivity index (χ3n) is 2.60. The van der Waals surface area contributed by atoms with Gasteiger partial charge in [-0.3, -0.25) is 4.79 Å². The first-order chi connectivity index (χ1) is 8.72. The molecule has 1 aromatic rings. The highest BCUT2D eigenvalue weighted by Crippen LogP contribution is 2.20. The Hall–Kier alpha value is -1.00. The van der Waals surface area contributed by atoms with E-state index in [1.807, 2.05) is 24.3 Å². The molecule has 0 atom stereocenters. The number of hydrogen-bond donors (Lipinski definition) is 2. The minimum Gasteiger partial charge on any atom is -0.481 e. The van der Waals surface area contributed by atoms with E-state index in [1.54, 1.807) is 11.8 Å². The van der Waals surface area contributed by atoms with Crippen LogP contribution in [0, 0.1) is 0 Å². The van der Waals surface area contributed by atoms with Gasteiger partial charge in [-0.05, 0) is 36.3 Å². The smallest absolute Gasteiger partial charge is 0.307 e. The second-order valence-electron chi connectivity index (χ2n) is 4.20. The minimum atomic E-state index is -0.792. The minimum absolute atomic E-state index is 0.0894. The number of aliphatic hydroxyl groups is 1. The van der Waals surface area contributed by atoms with Crippen molar-refractivity contribution in [3.8, 4) is 0 Å². The summed E-state index contributed by atoms with van der Waals surface area (Å²) in [5, 5.41) is 17.3. The number of carboxylic acids is 1. The summed E-state index contributed by atoms with van der Waals surface area (Å²) in [6.07, 6.45) is 4.39. The summed E-state index contributed by atoms with van der Waals surface area (Å²) in [4.78, 5) is 11.7. The fourth-order valence-electron chi connectivity index (χ4n) is 1.64. The van der Waals surface area contributed by atoms with Crippen LogP contribution in [0.4, 0.5) is 0 Å². The maximum atomic E-state index is 10.5. The van der Waals surface area contributed by atoms with Gasteiger partial charge in [-0.25, -0.2) is 0 Å². The molecule has 0 amide bonds. The zero-order chi connectivity index (χ0) is 13.2. The van der Waals surface area contributed by atoms with E-state index in [0.717, 1.165) is 37.0 Å². The zero-order valence-electron chi connectivity index (χ0n) is 10.5. The largest absolute Gasteiger partial charge is 0.481 e. The molecule has 0 aromatic heterocycles. The predicted octanol–water partition coefficient (Wildman–Crippen LogP) is 2.96. The average Bonchev–Trinajstić information content (AvgIpc) is 2.35. The Morgan fingerprint density at radius 3 is 2.33 bits per heavy atom. The Morgan fingerprint density at radius 2 is 1.72 bits per heavy atom. The van der Waals surface area contributed by atoms with Crippen LogP contribution in [0.2, 0.25) is 0 Å². The van der Waals surface area contributed by atoms with Gasteiger partial charge in [0.15, 0.2) is 0 Å². The molecule has 0 bridgehead atoms. The number of benzene rings is 1. The normalized spacial score (nSPS) is 10.5. The summed E-state index contributed by atoms with van der Waals surface area (Å²) in [6.45, 7) is 0.290. The van der Waals surface area contributed by atoms with E-state index in [2.05, 4.69) is 0 Å². The number of thioether (sulfide) groups is 1. The second kappa shape index (κ2) is 9.00. The molecule has 0 aliphatic rings. The summed E-state index contributed by atoms with van der Waals surface area (Å²) >= 11 is 1.80. The van der Waals surface area contributed by atoms with Crippen LogP contribution in [0.3, 0.4) is 0 Å². The van der Waals surface area contributed by atoms with Crippen molar-refractivity contribution in [1.82, 2.24) is 0 Å². The van der Waals surface area contributed by atoms with E-state index in [0.29, 0.717) is 0 Å². The van der Waals surface area contributed by atoms with Gasteiger partial charge in [-0.15, -0.1) is 11.8 Å². The molecule has 1 aromatic carbocycles. The molecule has 0 spiro atoms. The number of carboxylic acid groups (broad SMARTS) is 1. The maximum absolute atomic E-state index is 10.5. The van der Waals surface area contributed by atoms with Gasteiger partial charge in [-0.1, -0.05) is 25.0 Å². The van der Waals surface area contributed by atoms with Gasteiger partial charge < -0.3 is 10.2 Å². The summed E-state index contributed by atoms with van der Waals surface area (Å²) in [7, 11) is 0. The lowest BCUT2D eigenvalue weighted by Gasteiger charge is -2.03. The van der Waals surface area contributed by atoms with Crippen LogP contribution in [0.25, 0.3) is 0 Å². The van der Waals surface area contributed by atoms with Crippen molar-refractivity contribution in [2.75, 3.05) is 12.4 Å². The molecule has 0 saturated carbocycles. The number of carbonyl (C=O) groups is 1. The topological polar surface area (TPSA) is 57.5 Å². The van der Waals surface area contributed by atoms with E-state index in [9.17, 15) is 4.79 Å². The Morgan fingerprint density at radius 1 is 1.06 bits per heavy atom. The number of rotatable bonds is 9.